The zero-order valence-corrected chi connectivity index (χ0v) is 12.2. The number of aliphatic hydroxyl groups excluding tert-OH is 1. The van der Waals surface area contributed by atoms with Crippen LogP contribution in [-0.4, -0.2) is 24.2 Å². The lowest BCUT2D eigenvalue weighted by Crippen LogP contribution is -2.37. The third-order valence-electron chi connectivity index (χ3n) is 4.36. The first-order chi connectivity index (χ1) is 10.3. The van der Waals surface area contributed by atoms with Gasteiger partial charge in [-0.1, -0.05) is 43.2 Å². The first kappa shape index (κ1) is 15.5. The summed E-state index contributed by atoms with van der Waals surface area (Å²) in [7, 11) is 0. The average Bonchev–Trinajstić information content (AvgIpc) is 2.55. The van der Waals surface area contributed by atoms with Crippen molar-refractivity contribution in [1.29, 1.82) is 5.26 Å². The van der Waals surface area contributed by atoms with Crippen molar-refractivity contribution in [3.63, 3.8) is 0 Å². The number of rotatable bonds is 5. The van der Waals surface area contributed by atoms with Gasteiger partial charge >= 0.3 is 0 Å². The van der Waals surface area contributed by atoms with E-state index in [1.165, 1.54) is 0 Å². The second-order valence-electron chi connectivity index (χ2n) is 5.71. The van der Waals surface area contributed by atoms with Gasteiger partial charge in [0, 0.05) is 13.2 Å². The largest absolute Gasteiger partial charge is 0.396 e. The fourth-order valence-corrected chi connectivity index (χ4v) is 3.06. The predicted octanol–water partition coefficient (Wildman–Crippen LogP) is 2.21. The lowest BCUT2D eigenvalue weighted by atomic mass is 9.79. The molecule has 2 rings (SSSR count). The minimum Gasteiger partial charge on any atom is -0.396 e. The summed E-state index contributed by atoms with van der Waals surface area (Å²) in [6, 6.07) is 11.2. The van der Waals surface area contributed by atoms with E-state index in [0.29, 0.717) is 12.5 Å². The lowest BCUT2D eigenvalue weighted by Gasteiger charge is -2.30. The molecule has 1 fully saturated rings. The van der Waals surface area contributed by atoms with Gasteiger partial charge in [0.25, 0.3) is 0 Å². The number of benzene rings is 1. The summed E-state index contributed by atoms with van der Waals surface area (Å²) in [6.07, 6.45) is 4.36. The summed E-state index contributed by atoms with van der Waals surface area (Å²) >= 11 is 0. The van der Waals surface area contributed by atoms with E-state index >= 15 is 0 Å². The molecule has 1 saturated carbocycles. The average molecular weight is 286 g/mol. The maximum Gasteiger partial charge on any atom is 0.241 e. The number of hydrogen-bond acceptors (Lipinski definition) is 3. The van der Waals surface area contributed by atoms with Crippen LogP contribution in [0.2, 0.25) is 0 Å². The van der Waals surface area contributed by atoms with E-state index in [1.54, 1.807) is 12.1 Å². The van der Waals surface area contributed by atoms with Crippen LogP contribution in [0.4, 0.5) is 0 Å². The molecule has 0 aliphatic heterocycles. The van der Waals surface area contributed by atoms with Gasteiger partial charge in [0.2, 0.25) is 5.91 Å². The van der Waals surface area contributed by atoms with Crippen LogP contribution in [0.3, 0.4) is 0 Å². The molecule has 0 spiro atoms. The van der Waals surface area contributed by atoms with E-state index in [9.17, 15) is 15.2 Å². The summed E-state index contributed by atoms with van der Waals surface area (Å²) in [5.74, 6) is -0.410. The van der Waals surface area contributed by atoms with E-state index in [2.05, 4.69) is 11.4 Å². The second kappa shape index (κ2) is 7.80. The van der Waals surface area contributed by atoms with Gasteiger partial charge in [-0.3, -0.25) is 4.79 Å². The van der Waals surface area contributed by atoms with Crippen molar-refractivity contribution in [2.24, 2.45) is 11.8 Å². The second-order valence-corrected chi connectivity index (χ2v) is 5.71. The van der Waals surface area contributed by atoms with Gasteiger partial charge in [-0.25, -0.2) is 0 Å². The van der Waals surface area contributed by atoms with E-state index in [0.717, 1.165) is 31.2 Å². The fraction of sp³-hybridized carbons (Fsp3) is 0.529. The predicted molar refractivity (Wildman–Crippen MR) is 80.3 cm³/mol. The highest BCUT2D eigenvalue weighted by atomic mass is 16.3. The van der Waals surface area contributed by atoms with Crippen LogP contribution in [0.15, 0.2) is 30.3 Å². The zero-order valence-electron chi connectivity index (χ0n) is 12.2. The molecule has 1 amide bonds. The highest BCUT2D eigenvalue weighted by Gasteiger charge is 2.26. The molecular weight excluding hydrogens is 264 g/mol. The quantitative estimate of drug-likeness (QED) is 0.871. The Labute approximate surface area is 125 Å². The Kier molecular flexibility index (Phi) is 5.77. The molecule has 3 unspecified atom stereocenters. The van der Waals surface area contributed by atoms with Crippen molar-refractivity contribution in [1.82, 2.24) is 5.32 Å². The number of amides is 1. The van der Waals surface area contributed by atoms with Crippen LogP contribution in [0.5, 0.6) is 0 Å². The van der Waals surface area contributed by atoms with E-state index < -0.39 is 5.92 Å². The van der Waals surface area contributed by atoms with Crippen molar-refractivity contribution < 1.29 is 9.90 Å². The molecule has 1 aromatic carbocycles. The third kappa shape index (κ3) is 4.05. The molecule has 21 heavy (non-hydrogen) atoms. The van der Waals surface area contributed by atoms with Crippen molar-refractivity contribution in [3.8, 4) is 6.07 Å². The Morgan fingerprint density at radius 3 is 2.57 bits per heavy atom. The van der Waals surface area contributed by atoms with Crippen molar-refractivity contribution in [3.05, 3.63) is 35.9 Å². The summed E-state index contributed by atoms with van der Waals surface area (Å²) in [6.45, 7) is 0.732. The van der Waals surface area contributed by atoms with Gasteiger partial charge in [-0.15, -0.1) is 0 Å². The molecule has 1 aliphatic rings. The maximum absolute atomic E-state index is 12.2. The van der Waals surface area contributed by atoms with Gasteiger partial charge in [-0.05, 0) is 30.2 Å². The van der Waals surface area contributed by atoms with Gasteiger partial charge in [0.1, 0.15) is 5.92 Å². The molecule has 1 aromatic rings. The van der Waals surface area contributed by atoms with Crippen molar-refractivity contribution in [2.75, 3.05) is 13.2 Å². The first-order valence-electron chi connectivity index (χ1n) is 7.59. The Morgan fingerprint density at radius 1 is 1.29 bits per heavy atom. The molecule has 0 aromatic heterocycles. The molecule has 1 aliphatic carbocycles. The molecular formula is C17H22N2O2. The number of carbonyl (C=O) groups excluding carboxylic acids is 1. The normalized spacial score (nSPS) is 23.0. The lowest BCUT2D eigenvalue weighted by molar-refractivity contribution is -0.121. The monoisotopic (exact) mass is 286 g/mol. The number of hydrogen-bond donors (Lipinski definition) is 2. The molecule has 0 saturated heterocycles. The molecule has 112 valence electrons. The van der Waals surface area contributed by atoms with E-state index in [-0.39, 0.29) is 18.4 Å². The van der Waals surface area contributed by atoms with Crippen LogP contribution in [0.1, 0.15) is 37.2 Å². The molecule has 4 heteroatoms. The van der Waals surface area contributed by atoms with Crippen molar-refractivity contribution >= 4 is 5.91 Å². The number of nitriles is 1. The number of nitrogens with one attached hydrogen (secondary N) is 1. The molecule has 0 heterocycles. The Morgan fingerprint density at radius 2 is 1.95 bits per heavy atom. The summed E-state index contributed by atoms with van der Waals surface area (Å²) in [4.78, 5) is 12.2. The standard InChI is InChI=1S/C17H22N2O2/c18-10-16(13-6-2-1-3-7-13)17(21)19-11-14-8-4-5-9-15(14)12-20/h1-3,6-7,14-16,20H,4-5,8-9,11-12H2,(H,19,21). The smallest absolute Gasteiger partial charge is 0.241 e. The van der Waals surface area contributed by atoms with Crippen LogP contribution in [0.25, 0.3) is 0 Å². The molecule has 0 bridgehead atoms. The number of aliphatic hydroxyl groups is 1. The van der Waals surface area contributed by atoms with Gasteiger partial charge in [-0.2, -0.15) is 5.26 Å². The zero-order chi connectivity index (χ0) is 15.1. The fourth-order valence-electron chi connectivity index (χ4n) is 3.06. The molecule has 0 radical (unpaired) electrons. The van der Waals surface area contributed by atoms with Crippen LogP contribution in [0, 0.1) is 23.2 Å². The number of nitrogens with zero attached hydrogens (tertiary/aromatic N) is 1. The number of carbonyl (C=O) groups is 1. The van der Waals surface area contributed by atoms with Gasteiger partial charge in [0.05, 0.1) is 6.07 Å². The molecule has 3 atom stereocenters. The summed E-state index contributed by atoms with van der Waals surface area (Å²) in [5, 5.41) is 21.5. The van der Waals surface area contributed by atoms with Crippen molar-refractivity contribution in [2.45, 2.75) is 31.6 Å². The van der Waals surface area contributed by atoms with E-state index in [1.807, 2.05) is 18.2 Å². The van der Waals surface area contributed by atoms with Gasteiger partial charge < -0.3 is 10.4 Å². The first-order valence-corrected chi connectivity index (χ1v) is 7.59. The van der Waals surface area contributed by atoms with Crippen LogP contribution in [-0.2, 0) is 4.79 Å². The molecule has 4 nitrogen and oxygen atoms in total. The highest BCUT2D eigenvalue weighted by Crippen LogP contribution is 2.29. The van der Waals surface area contributed by atoms with E-state index in [4.69, 9.17) is 0 Å². The van der Waals surface area contributed by atoms with Gasteiger partial charge in [0.15, 0.2) is 0 Å². The highest BCUT2D eigenvalue weighted by molar-refractivity contribution is 5.86. The Hall–Kier alpha value is -1.86. The molecule has 2 N–H and O–H groups in total. The minimum atomic E-state index is -0.762. The topological polar surface area (TPSA) is 73.1 Å². The van der Waals surface area contributed by atoms with Crippen LogP contribution >= 0.6 is 0 Å². The van der Waals surface area contributed by atoms with Crippen LogP contribution < -0.4 is 5.32 Å². The minimum absolute atomic E-state index is 0.181. The SMILES string of the molecule is N#CC(C(=O)NCC1CCCCC1CO)c1ccccc1. The maximum atomic E-state index is 12.2. The third-order valence-corrected chi connectivity index (χ3v) is 4.36. The Bertz CT molecular complexity index is 495. The summed E-state index contributed by atoms with van der Waals surface area (Å²) < 4.78 is 0. The Balaban J connectivity index is 1.93. The summed E-state index contributed by atoms with van der Waals surface area (Å²) in [5.41, 5.74) is 0.722.